The summed E-state index contributed by atoms with van der Waals surface area (Å²) in [6.45, 7) is 2.34. The number of aliphatic hydroxyl groups is 2. The van der Waals surface area contributed by atoms with Gasteiger partial charge in [-0.05, 0) is 6.42 Å². The van der Waals surface area contributed by atoms with E-state index in [9.17, 15) is 5.11 Å². The van der Waals surface area contributed by atoms with Gasteiger partial charge in [0.2, 0.25) is 0 Å². The Kier molecular flexibility index (Phi) is 10.6. The monoisotopic (exact) mass is 295 g/mol. The highest BCUT2D eigenvalue weighted by Gasteiger charge is 2.40. The Bertz CT molecular complexity index is 308. The van der Waals surface area contributed by atoms with E-state index in [1.54, 1.807) is 0 Å². The largest absolute Gasteiger partial charge is 0.395 e. The lowest BCUT2D eigenvalue weighted by Gasteiger charge is -2.01. The van der Waals surface area contributed by atoms with E-state index in [1.807, 2.05) is 0 Å². The summed E-state index contributed by atoms with van der Waals surface area (Å²) in [5.41, 5.74) is 0. The highest BCUT2D eigenvalue weighted by atomic mass is 16.3. The lowest BCUT2D eigenvalue weighted by Crippen LogP contribution is -2.16. The molecule has 3 N–H and O–H groups in total. The molecule has 1 saturated heterocycles. The first kappa shape index (κ1) is 18.5. The van der Waals surface area contributed by atoms with E-state index in [0.29, 0.717) is 0 Å². The molecule has 1 rings (SSSR count). The van der Waals surface area contributed by atoms with E-state index in [2.05, 4.69) is 24.1 Å². The zero-order valence-corrected chi connectivity index (χ0v) is 13.6. The van der Waals surface area contributed by atoms with Crippen LogP contribution >= 0.6 is 0 Å². The Labute approximate surface area is 130 Å². The molecule has 0 radical (unpaired) electrons. The van der Waals surface area contributed by atoms with E-state index in [0.717, 1.165) is 12.8 Å². The van der Waals surface area contributed by atoms with Gasteiger partial charge in [-0.3, -0.25) is 0 Å². The molecule has 0 bridgehead atoms. The van der Waals surface area contributed by atoms with Crippen molar-refractivity contribution in [2.24, 2.45) is 0 Å². The molecule has 0 aromatic rings. The summed E-state index contributed by atoms with van der Waals surface area (Å²) in [5, 5.41) is 21.6. The summed E-state index contributed by atoms with van der Waals surface area (Å²) in [7, 11) is 0. The third-order valence-electron chi connectivity index (χ3n) is 4.17. The van der Waals surface area contributed by atoms with Crippen molar-refractivity contribution in [3.8, 4) is 11.8 Å². The molecule has 3 nitrogen and oxygen atoms in total. The predicted octanol–water partition coefficient (Wildman–Crippen LogP) is 2.99. The maximum absolute atomic E-state index is 9.70. The molecular formula is C18H33NO2. The van der Waals surface area contributed by atoms with Crippen molar-refractivity contribution < 1.29 is 10.2 Å². The quantitative estimate of drug-likeness (QED) is 0.295. The van der Waals surface area contributed by atoms with Gasteiger partial charge in [0.1, 0.15) is 6.10 Å². The van der Waals surface area contributed by atoms with Crippen LogP contribution in [0.5, 0.6) is 0 Å². The van der Waals surface area contributed by atoms with Gasteiger partial charge < -0.3 is 15.5 Å². The van der Waals surface area contributed by atoms with Crippen molar-refractivity contribution in [2.45, 2.75) is 95.7 Å². The minimum absolute atomic E-state index is 0.0183. The Balaban J connectivity index is 1.82. The average Bonchev–Trinajstić information content (AvgIpc) is 3.28. The molecule has 21 heavy (non-hydrogen) atoms. The number of unbranched alkanes of at least 4 members (excludes halogenated alkanes) is 10. The standard InChI is InChI=1S/C18H33NO2/c1-2-3-4-5-6-7-8-9-10-11-12-13-14-17(21)18-16(15-20)19-18/h16-21H,2-12,15H2,1H3/t16-,17-,18-/m1/s1. The van der Waals surface area contributed by atoms with Crippen LogP contribution in [0.15, 0.2) is 0 Å². The van der Waals surface area contributed by atoms with E-state index < -0.39 is 6.10 Å². The number of aliphatic hydroxyl groups excluding tert-OH is 2. The van der Waals surface area contributed by atoms with Crippen LogP contribution in [0.2, 0.25) is 0 Å². The van der Waals surface area contributed by atoms with Gasteiger partial charge in [0.25, 0.3) is 0 Å². The van der Waals surface area contributed by atoms with Crippen LogP contribution < -0.4 is 5.32 Å². The van der Waals surface area contributed by atoms with Crippen LogP contribution in [0.4, 0.5) is 0 Å². The Hall–Kier alpha value is -0.560. The molecule has 0 unspecified atom stereocenters. The summed E-state index contributed by atoms with van der Waals surface area (Å²) in [4.78, 5) is 0. The van der Waals surface area contributed by atoms with E-state index in [1.165, 1.54) is 57.8 Å². The molecule has 1 aliphatic rings. The Morgan fingerprint density at radius 3 is 2.05 bits per heavy atom. The first-order valence-electron chi connectivity index (χ1n) is 8.83. The Morgan fingerprint density at radius 2 is 1.52 bits per heavy atom. The first-order chi connectivity index (χ1) is 10.3. The summed E-state index contributed by atoms with van der Waals surface area (Å²) in [6, 6.07) is 0.0295. The van der Waals surface area contributed by atoms with Crippen LogP contribution in [-0.4, -0.2) is 35.0 Å². The molecule has 0 spiro atoms. The zero-order chi connectivity index (χ0) is 15.3. The number of hydrogen-bond donors (Lipinski definition) is 3. The first-order valence-corrected chi connectivity index (χ1v) is 8.83. The Morgan fingerprint density at radius 1 is 0.952 bits per heavy atom. The topological polar surface area (TPSA) is 62.4 Å². The van der Waals surface area contributed by atoms with Crippen molar-refractivity contribution in [3.05, 3.63) is 0 Å². The van der Waals surface area contributed by atoms with Gasteiger partial charge in [-0.25, -0.2) is 0 Å². The maximum Gasteiger partial charge on any atom is 0.131 e. The highest BCUT2D eigenvalue weighted by Crippen LogP contribution is 2.14. The van der Waals surface area contributed by atoms with Gasteiger partial charge in [0, 0.05) is 12.5 Å². The number of rotatable bonds is 12. The van der Waals surface area contributed by atoms with Gasteiger partial charge in [0.05, 0.1) is 12.6 Å². The van der Waals surface area contributed by atoms with Crippen LogP contribution in [0.3, 0.4) is 0 Å². The van der Waals surface area contributed by atoms with Crippen molar-refractivity contribution in [3.63, 3.8) is 0 Å². The number of nitrogens with one attached hydrogen (secondary N) is 1. The van der Waals surface area contributed by atoms with Crippen LogP contribution in [0, 0.1) is 11.8 Å². The van der Waals surface area contributed by atoms with Crippen LogP contribution in [0.1, 0.15) is 77.6 Å². The van der Waals surface area contributed by atoms with Crippen molar-refractivity contribution in [2.75, 3.05) is 6.61 Å². The van der Waals surface area contributed by atoms with Crippen molar-refractivity contribution in [1.29, 1.82) is 0 Å². The number of hydrogen-bond acceptors (Lipinski definition) is 3. The molecule has 1 fully saturated rings. The van der Waals surface area contributed by atoms with Gasteiger partial charge in [-0.15, -0.1) is 5.92 Å². The fourth-order valence-corrected chi connectivity index (χ4v) is 2.64. The molecule has 0 amide bonds. The fraction of sp³-hybridized carbons (Fsp3) is 0.889. The lowest BCUT2D eigenvalue weighted by molar-refractivity contribution is 0.219. The van der Waals surface area contributed by atoms with Gasteiger partial charge in [0.15, 0.2) is 0 Å². The minimum atomic E-state index is -0.620. The summed E-state index contributed by atoms with van der Waals surface area (Å²) < 4.78 is 0. The SMILES string of the molecule is CCCCCCCCCCCCC#C[C@@H](O)[C@@H]1N[C@@H]1CO. The average molecular weight is 295 g/mol. The molecule has 3 atom stereocenters. The van der Waals surface area contributed by atoms with Gasteiger partial charge in [-0.1, -0.05) is 70.6 Å². The van der Waals surface area contributed by atoms with E-state index >= 15 is 0 Å². The fourth-order valence-electron chi connectivity index (χ4n) is 2.64. The normalized spacial score (nSPS) is 21.7. The highest BCUT2D eigenvalue weighted by molar-refractivity contribution is 5.16. The second kappa shape index (κ2) is 12.0. The predicted molar refractivity (Wildman–Crippen MR) is 88.0 cm³/mol. The molecule has 0 aromatic heterocycles. The van der Waals surface area contributed by atoms with E-state index in [-0.39, 0.29) is 18.7 Å². The van der Waals surface area contributed by atoms with Gasteiger partial charge in [-0.2, -0.15) is 0 Å². The minimum Gasteiger partial charge on any atom is -0.395 e. The lowest BCUT2D eigenvalue weighted by atomic mass is 10.1. The van der Waals surface area contributed by atoms with Crippen LogP contribution in [0.25, 0.3) is 0 Å². The summed E-state index contributed by atoms with van der Waals surface area (Å²) >= 11 is 0. The molecule has 0 saturated carbocycles. The van der Waals surface area contributed by atoms with E-state index in [4.69, 9.17) is 5.11 Å². The molecule has 0 aromatic carbocycles. The van der Waals surface area contributed by atoms with Crippen LogP contribution in [-0.2, 0) is 0 Å². The third-order valence-corrected chi connectivity index (χ3v) is 4.17. The van der Waals surface area contributed by atoms with Gasteiger partial charge >= 0.3 is 0 Å². The molecule has 1 aliphatic heterocycles. The maximum atomic E-state index is 9.70. The van der Waals surface area contributed by atoms with Crippen molar-refractivity contribution in [1.82, 2.24) is 5.32 Å². The second-order valence-electron chi connectivity index (χ2n) is 6.18. The zero-order valence-electron chi connectivity index (χ0n) is 13.6. The second-order valence-corrected chi connectivity index (χ2v) is 6.18. The third kappa shape index (κ3) is 9.14. The molecule has 122 valence electrons. The molecule has 1 heterocycles. The molecular weight excluding hydrogens is 262 g/mol. The summed E-state index contributed by atoms with van der Waals surface area (Å²) in [6.07, 6.45) is 13.6. The smallest absolute Gasteiger partial charge is 0.131 e. The molecule has 0 aliphatic carbocycles. The van der Waals surface area contributed by atoms with Crippen molar-refractivity contribution >= 4 is 0 Å². The summed E-state index contributed by atoms with van der Waals surface area (Å²) in [5.74, 6) is 5.93. The molecule has 3 heteroatoms.